The molecule has 6 heteroatoms. The highest BCUT2D eigenvalue weighted by Gasteiger charge is 2.10. The van der Waals surface area contributed by atoms with Gasteiger partial charge in [-0.15, -0.1) is 0 Å². The van der Waals surface area contributed by atoms with Crippen molar-refractivity contribution in [2.24, 2.45) is 0 Å². The first-order chi connectivity index (χ1) is 8.56. The van der Waals surface area contributed by atoms with E-state index in [4.69, 9.17) is 5.11 Å². The van der Waals surface area contributed by atoms with Gasteiger partial charge in [-0.1, -0.05) is 0 Å². The molecule has 2 aromatic rings. The van der Waals surface area contributed by atoms with Gasteiger partial charge < -0.3 is 15.0 Å². The number of carboxylic acid groups (broad SMARTS) is 1. The number of aromatic nitrogens is 3. The SMILES string of the molecule is Cc1nc(-c2cc[nH]c2)cc(N(C)CC(=O)O)n1. The molecule has 0 fully saturated rings. The smallest absolute Gasteiger partial charge is 0.323 e. The molecule has 0 bridgehead atoms. The van der Waals surface area contributed by atoms with Crippen molar-refractivity contribution in [3.8, 4) is 11.3 Å². The number of carbonyl (C=O) groups is 1. The molecule has 0 amide bonds. The molecule has 0 aliphatic heterocycles. The number of nitrogens with zero attached hydrogens (tertiary/aromatic N) is 3. The lowest BCUT2D eigenvalue weighted by Crippen LogP contribution is -2.26. The van der Waals surface area contributed by atoms with Gasteiger partial charge in [0.2, 0.25) is 0 Å². The summed E-state index contributed by atoms with van der Waals surface area (Å²) in [7, 11) is 1.69. The number of hydrogen-bond acceptors (Lipinski definition) is 4. The molecule has 0 aliphatic rings. The first kappa shape index (κ1) is 12.1. The maximum Gasteiger partial charge on any atom is 0.323 e. The van der Waals surface area contributed by atoms with Crippen LogP contribution >= 0.6 is 0 Å². The summed E-state index contributed by atoms with van der Waals surface area (Å²) in [5, 5.41) is 8.78. The van der Waals surface area contributed by atoms with Crippen LogP contribution in [0.4, 0.5) is 5.82 Å². The van der Waals surface area contributed by atoms with Gasteiger partial charge in [0.15, 0.2) is 0 Å². The van der Waals surface area contributed by atoms with Crippen LogP contribution in [0, 0.1) is 6.92 Å². The summed E-state index contributed by atoms with van der Waals surface area (Å²) in [6, 6.07) is 3.68. The molecule has 0 aromatic carbocycles. The second-order valence-corrected chi connectivity index (χ2v) is 4.01. The van der Waals surface area contributed by atoms with Crippen molar-refractivity contribution >= 4 is 11.8 Å². The third-order valence-electron chi connectivity index (χ3n) is 2.48. The Morgan fingerprint density at radius 1 is 1.50 bits per heavy atom. The summed E-state index contributed by atoms with van der Waals surface area (Å²) in [6.07, 6.45) is 3.65. The lowest BCUT2D eigenvalue weighted by atomic mass is 10.2. The zero-order valence-corrected chi connectivity index (χ0v) is 10.2. The molecule has 2 rings (SSSR count). The van der Waals surface area contributed by atoms with Gasteiger partial charge in [0.25, 0.3) is 0 Å². The first-order valence-electron chi connectivity index (χ1n) is 5.48. The molecule has 94 valence electrons. The molecule has 2 N–H and O–H groups in total. The number of rotatable bonds is 4. The van der Waals surface area contributed by atoms with Crippen molar-refractivity contribution in [1.82, 2.24) is 15.0 Å². The molecule has 2 aromatic heterocycles. The highest BCUT2D eigenvalue weighted by Crippen LogP contribution is 2.20. The van der Waals surface area contributed by atoms with Crippen molar-refractivity contribution in [2.75, 3.05) is 18.5 Å². The van der Waals surface area contributed by atoms with Crippen LogP contribution in [0.15, 0.2) is 24.5 Å². The molecule has 2 heterocycles. The molecule has 0 radical (unpaired) electrons. The van der Waals surface area contributed by atoms with Gasteiger partial charge in [-0.05, 0) is 13.0 Å². The van der Waals surface area contributed by atoms with Crippen LogP contribution in [0.1, 0.15) is 5.82 Å². The zero-order valence-electron chi connectivity index (χ0n) is 10.2. The highest BCUT2D eigenvalue weighted by molar-refractivity contribution is 5.73. The molecule has 6 nitrogen and oxygen atoms in total. The fraction of sp³-hybridized carbons (Fsp3) is 0.250. The van der Waals surface area contributed by atoms with E-state index >= 15 is 0 Å². The van der Waals surface area contributed by atoms with Crippen LogP contribution in [0.3, 0.4) is 0 Å². The van der Waals surface area contributed by atoms with E-state index in [0.717, 1.165) is 11.3 Å². The van der Waals surface area contributed by atoms with E-state index in [0.29, 0.717) is 11.6 Å². The van der Waals surface area contributed by atoms with Crippen LogP contribution in [-0.2, 0) is 4.79 Å². The molecule has 0 saturated heterocycles. The number of anilines is 1. The fourth-order valence-corrected chi connectivity index (χ4v) is 1.66. The lowest BCUT2D eigenvalue weighted by molar-refractivity contribution is -0.135. The minimum Gasteiger partial charge on any atom is -0.480 e. The second kappa shape index (κ2) is 4.87. The predicted molar refractivity (Wildman–Crippen MR) is 67.5 cm³/mol. The van der Waals surface area contributed by atoms with Gasteiger partial charge in [0, 0.05) is 31.1 Å². The Labute approximate surface area is 104 Å². The Kier molecular flexibility index (Phi) is 3.27. The Bertz CT molecular complexity index is 551. The number of aliphatic carboxylic acids is 1. The van der Waals surface area contributed by atoms with E-state index in [1.165, 1.54) is 0 Å². The number of aryl methyl sites for hydroxylation is 1. The quantitative estimate of drug-likeness (QED) is 0.849. The van der Waals surface area contributed by atoms with E-state index in [1.807, 2.05) is 18.5 Å². The molecule has 0 aliphatic carbocycles. The first-order valence-corrected chi connectivity index (χ1v) is 5.48. The topological polar surface area (TPSA) is 82.1 Å². The largest absolute Gasteiger partial charge is 0.480 e. The van der Waals surface area contributed by atoms with Crippen molar-refractivity contribution in [2.45, 2.75) is 6.92 Å². The summed E-state index contributed by atoms with van der Waals surface area (Å²) in [5.41, 5.74) is 1.72. The predicted octanol–water partition coefficient (Wildman–Crippen LogP) is 1.30. The third kappa shape index (κ3) is 2.65. The van der Waals surface area contributed by atoms with E-state index in [-0.39, 0.29) is 6.54 Å². The molecule has 0 spiro atoms. The zero-order chi connectivity index (χ0) is 13.1. The summed E-state index contributed by atoms with van der Waals surface area (Å²) in [6.45, 7) is 1.69. The Balaban J connectivity index is 2.35. The normalized spacial score (nSPS) is 10.3. The van der Waals surface area contributed by atoms with Crippen LogP contribution in [-0.4, -0.2) is 39.6 Å². The number of aromatic amines is 1. The van der Waals surface area contributed by atoms with Crippen LogP contribution < -0.4 is 4.90 Å². The standard InChI is InChI=1S/C12H14N4O2/c1-8-14-10(9-3-4-13-6-9)5-11(15-8)16(2)7-12(17)18/h3-6,13H,7H2,1-2H3,(H,17,18). The summed E-state index contributed by atoms with van der Waals surface area (Å²) in [4.78, 5) is 23.8. The number of H-pyrrole nitrogens is 1. The van der Waals surface area contributed by atoms with Gasteiger partial charge in [0.05, 0.1) is 5.69 Å². The molecule has 0 saturated carbocycles. The maximum absolute atomic E-state index is 10.7. The van der Waals surface area contributed by atoms with Gasteiger partial charge in [-0.3, -0.25) is 4.79 Å². The minimum absolute atomic E-state index is 0.0942. The number of hydrogen-bond donors (Lipinski definition) is 2. The van der Waals surface area contributed by atoms with E-state index in [1.54, 1.807) is 24.9 Å². The number of nitrogens with one attached hydrogen (secondary N) is 1. The molecule has 0 atom stereocenters. The van der Waals surface area contributed by atoms with Crippen molar-refractivity contribution in [1.29, 1.82) is 0 Å². The van der Waals surface area contributed by atoms with Crippen LogP contribution in [0.2, 0.25) is 0 Å². The minimum atomic E-state index is -0.892. The van der Waals surface area contributed by atoms with Gasteiger partial charge in [-0.25, -0.2) is 9.97 Å². The van der Waals surface area contributed by atoms with Gasteiger partial charge >= 0.3 is 5.97 Å². The van der Waals surface area contributed by atoms with Crippen molar-refractivity contribution in [3.05, 3.63) is 30.4 Å². The van der Waals surface area contributed by atoms with E-state index < -0.39 is 5.97 Å². The molecule has 18 heavy (non-hydrogen) atoms. The van der Waals surface area contributed by atoms with Gasteiger partial charge in [0.1, 0.15) is 18.2 Å². The van der Waals surface area contributed by atoms with E-state index in [2.05, 4.69) is 15.0 Å². The Hall–Kier alpha value is -2.37. The summed E-state index contributed by atoms with van der Waals surface area (Å²) < 4.78 is 0. The van der Waals surface area contributed by atoms with Crippen LogP contribution in [0.25, 0.3) is 11.3 Å². The third-order valence-corrected chi connectivity index (χ3v) is 2.48. The van der Waals surface area contributed by atoms with Gasteiger partial charge in [-0.2, -0.15) is 0 Å². The Morgan fingerprint density at radius 3 is 2.89 bits per heavy atom. The average Bonchev–Trinajstić information content (AvgIpc) is 2.80. The molecule has 0 unspecified atom stereocenters. The number of carboxylic acids is 1. The van der Waals surface area contributed by atoms with Crippen LogP contribution in [0.5, 0.6) is 0 Å². The maximum atomic E-state index is 10.7. The van der Waals surface area contributed by atoms with Crippen molar-refractivity contribution < 1.29 is 9.90 Å². The highest BCUT2D eigenvalue weighted by atomic mass is 16.4. The average molecular weight is 246 g/mol. The Morgan fingerprint density at radius 2 is 2.28 bits per heavy atom. The fourth-order valence-electron chi connectivity index (χ4n) is 1.66. The second-order valence-electron chi connectivity index (χ2n) is 4.01. The summed E-state index contributed by atoms with van der Waals surface area (Å²) in [5.74, 6) is 0.319. The molecular weight excluding hydrogens is 232 g/mol. The molecular formula is C12H14N4O2. The van der Waals surface area contributed by atoms with Crippen molar-refractivity contribution in [3.63, 3.8) is 0 Å². The van der Waals surface area contributed by atoms with E-state index in [9.17, 15) is 4.79 Å². The monoisotopic (exact) mass is 246 g/mol. The summed E-state index contributed by atoms with van der Waals surface area (Å²) >= 11 is 0. The number of likely N-dealkylation sites (N-methyl/N-ethyl adjacent to an activating group) is 1. The lowest BCUT2D eigenvalue weighted by Gasteiger charge is -2.16.